The average molecular weight is 579 g/mol. The second-order valence-corrected chi connectivity index (χ2v) is 11.7. The monoisotopic (exact) mass is 578 g/mol. The fraction of sp³-hybridized carbons (Fsp3) is 0.433. The number of ether oxygens (including phenoxy) is 2. The number of rotatable bonds is 4. The molecule has 42 heavy (non-hydrogen) atoms. The number of hydrogen-bond donors (Lipinski definition) is 2. The molecule has 3 fully saturated rings. The Bertz CT molecular complexity index is 1740. The number of phenolic OH excluding ortho intramolecular Hbond substituents is 1. The highest BCUT2D eigenvalue weighted by atomic mass is 19.1. The Balaban J connectivity index is 1.31. The van der Waals surface area contributed by atoms with E-state index in [4.69, 9.17) is 14.5 Å². The maximum Gasteiger partial charge on any atom is 0.319 e. The van der Waals surface area contributed by atoms with Gasteiger partial charge in [0.05, 0.1) is 11.6 Å². The number of benzene rings is 2. The summed E-state index contributed by atoms with van der Waals surface area (Å²) in [6.07, 6.45) is 1.25. The largest absolute Gasteiger partial charge is 0.508 e. The number of aromatic nitrogens is 3. The van der Waals surface area contributed by atoms with E-state index < -0.39 is 23.3 Å². The van der Waals surface area contributed by atoms with E-state index in [9.17, 15) is 13.9 Å². The molecule has 3 atom stereocenters. The molecule has 4 aromatic rings. The van der Waals surface area contributed by atoms with Crippen molar-refractivity contribution < 1.29 is 27.8 Å². The van der Waals surface area contributed by atoms with E-state index in [1.54, 1.807) is 0 Å². The predicted molar refractivity (Wildman–Crippen MR) is 150 cm³/mol. The third-order valence-electron chi connectivity index (χ3n) is 9.13. The number of fused-ring (bicyclic) bond motifs is 4. The Kier molecular flexibility index (Phi) is 5.87. The maximum absolute atomic E-state index is 16.7. The topological polar surface area (TPSA) is 95.9 Å². The molecule has 0 amide bonds. The molecule has 218 valence electrons. The van der Waals surface area contributed by atoms with Gasteiger partial charge in [-0.3, -0.25) is 4.90 Å². The summed E-state index contributed by atoms with van der Waals surface area (Å²) in [7, 11) is 0. The number of nitrogens with one attached hydrogen (secondary N) is 1. The van der Waals surface area contributed by atoms with Crippen LogP contribution in [0, 0.1) is 11.6 Å². The van der Waals surface area contributed by atoms with Gasteiger partial charge in [-0.05, 0) is 54.4 Å². The van der Waals surface area contributed by atoms with Crippen molar-refractivity contribution in [1.29, 1.82) is 0 Å². The molecule has 6 heterocycles. The lowest BCUT2D eigenvalue weighted by Crippen LogP contribution is -2.53. The summed E-state index contributed by atoms with van der Waals surface area (Å²) < 4.78 is 57.7. The number of piperazine rings is 1. The van der Waals surface area contributed by atoms with Crippen LogP contribution >= 0.6 is 0 Å². The second-order valence-electron chi connectivity index (χ2n) is 11.7. The van der Waals surface area contributed by atoms with Crippen molar-refractivity contribution in [3.05, 3.63) is 42.0 Å². The smallest absolute Gasteiger partial charge is 0.319 e. The highest BCUT2D eigenvalue weighted by molar-refractivity contribution is 6.02. The number of pyridine rings is 1. The summed E-state index contributed by atoms with van der Waals surface area (Å²) in [5.41, 5.74) is -0.396. The minimum absolute atomic E-state index is 0.00553. The first-order valence-corrected chi connectivity index (χ1v) is 14.3. The van der Waals surface area contributed by atoms with E-state index in [1.807, 2.05) is 0 Å². The van der Waals surface area contributed by atoms with Crippen LogP contribution in [-0.4, -0.2) is 88.6 Å². The number of alkyl halides is 1. The van der Waals surface area contributed by atoms with Crippen molar-refractivity contribution in [2.45, 2.75) is 37.0 Å². The van der Waals surface area contributed by atoms with Gasteiger partial charge in [-0.2, -0.15) is 9.97 Å². The van der Waals surface area contributed by atoms with Crippen molar-refractivity contribution in [3.8, 4) is 28.9 Å². The summed E-state index contributed by atoms with van der Waals surface area (Å²) in [6.45, 7) is 3.63. The van der Waals surface area contributed by atoms with Crippen LogP contribution in [0.4, 0.5) is 19.0 Å². The number of hydrogen-bond acceptors (Lipinski definition) is 9. The van der Waals surface area contributed by atoms with Crippen molar-refractivity contribution in [1.82, 2.24) is 25.2 Å². The fourth-order valence-electron chi connectivity index (χ4n) is 7.18. The van der Waals surface area contributed by atoms with E-state index in [1.165, 1.54) is 30.3 Å². The lowest BCUT2D eigenvalue weighted by molar-refractivity contribution is 0.107. The normalized spacial score (nSPS) is 25.4. The molecule has 4 aliphatic rings. The van der Waals surface area contributed by atoms with Crippen LogP contribution in [0.1, 0.15) is 19.3 Å². The Morgan fingerprint density at radius 2 is 2.05 bits per heavy atom. The first kappa shape index (κ1) is 25.8. The Morgan fingerprint density at radius 3 is 2.95 bits per heavy atom. The van der Waals surface area contributed by atoms with Crippen LogP contribution in [0.5, 0.6) is 17.6 Å². The maximum atomic E-state index is 16.7. The van der Waals surface area contributed by atoms with Gasteiger partial charge in [0.25, 0.3) is 0 Å². The molecule has 3 saturated heterocycles. The fourth-order valence-corrected chi connectivity index (χ4v) is 7.18. The molecular weight excluding hydrogens is 549 g/mol. The minimum atomic E-state index is -0.912. The zero-order valence-corrected chi connectivity index (χ0v) is 22.7. The summed E-state index contributed by atoms with van der Waals surface area (Å²) in [4.78, 5) is 18.1. The summed E-state index contributed by atoms with van der Waals surface area (Å²) in [5.74, 6) is -0.759. The number of aromatic hydroxyl groups is 1. The minimum Gasteiger partial charge on any atom is -0.508 e. The molecule has 4 aliphatic heterocycles. The van der Waals surface area contributed by atoms with E-state index in [0.29, 0.717) is 54.6 Å². The van der Waals surface area contributed by atoms with Gasteiger partial charge in [-0.25, -0.2) is 18.2 Å². The molecule has 0 bridgehead atoms. The highest BCUT2D eigenvalue weighted by Crippen LogP contribution is 2.44. The van der Waals surface area contributed by atoms with Gasteiger partial charge in [0, 0.05) is 38.2 Å². The van der Waals surface area contributed by atoms with E-state index >= 15 is 4.39 Å². The zero-order chi connectivity index (χ0) is 28.6. The molecule has 9 nitrogen and oxygen atoms in total. The van der Waals surface area contributed by atoms with Crippen LogP contribution < -0.4 is 19.7 Å². The molecule has 2 N–H and O–H groups in total. The molecule has 8 rings (SSSR count). The van der Waals surface area contributed by atoms with Crippen molar-refractivity contribution in [2.24, 2.45) is 0 Å². The van der Waals surface area contributed by atoms with Crippen LogP contribution in [0.25, 0.3) is 32.9 Å². The number of phenols is 1. The van der Waals surface area contributed by atoms with Gasteiger partial charge < -0.3 is 24.8 Å². The van der Waals surface area contributed by atoms with Crippen molar-refractivity contribution in [2.75, 3.05) is 50.8 Å². The predicted octanol–water partition coefficient (Wildman–Crippen LogP) is 3.95. The van der Waals surface area contributed by atoms with E-state index in [-0.39, 0.29) is 53.7 Å². The van der Waals surface area contributed by atoms with Gasteiger partial charge in [0.1, 0.15) is 53.4 Å². The third kappa shape index (κ3) is 4.03. The van der Waals surface area contributed by atoms with Crippen LogP contribution in [0.3, 0.4) is 0 Å². The summed E-state index contributed by atoms with van der Waals surface area (Å²) in [6, 6.07) is 6.83. The van der Waals surface area contributed by atoms with Gasteiger partial charge in [-0.15, -0.1) is 0 Å². The van der Waals surface area contributed by atoms with Crippen LogP contribution in [0.2, 0.25) is 0 Å². The molecular formula is C30H29F3N6O3. The van der Waals surface area contributed by atoms with Crippen molar-refractivity contribution >= 4 is 27.5 Å². The lowest BCUT2D eigenvalue weighted by atomic mass is 9.95. The van der Waals surface area contributed by atoms with Gasteiger partial charge in [0.15, 0.2) is 5.82 Å². The van der Waals surface area contributed by atoms with Gasteiger partial charge in [-0.1, -0.05) is 6.07 Å². The van der Waals surface area contributed by atoms with Gasteiger partial charge >= 0.3 is 6.01 Å². The average Bonchev–Trinajstić information content (AvgIpc) is 3.45. The molecule has 0 radical (unpaired) electrons. The molecule has 12 heteroatoms. The molecule has 2 aromatic heterocycles. The highest BCUT2D eigenvalue weighted by Gasteiger charge is 2.49. The van der Waals surface area contributed by atoms with Crippen LogP contribution in [0.15, 0.2) is 30.3 Å². The Hall–Kier alpha value is -3.90. The Morgan fingerprint density at radius 1 is 1.14 bits per heavy atom. The summed E-state index contributed by atoms with van der Waals surface area (Å²) in [5, 5.41) is 15.1. The molecule has 0 spiro atoms. The van der Waals surface area contributed by atoms with E-state index in [2.05, 4.69) is 25.1 Å². The van der Waals surface area contributed by atoms with Crippen LogP contribution in [-0.2, 0) is 0 Å². The quantitative estimate of drug-likeness (QED) is 0.373. The first-order valence-electron chi connectivity index (χ1n) is 14.3. The number of halogens is 3. The van der Waals surface area contributed by atoms with Gasteiger partial charge in [0.2, 0.25) is 5.88 Å². The van der Waals surface area contributed by atoms with E-state index in [0.717, 1.165) is 19.4 Å². The third-order valence-corrected chi connectivity index (χ3v) is 9.13. The zero-order valence-electron chi connectivity index (χ0n) is 22.7. The second kappa shape index (κ2) is 9.56. The lowest BCUT2D eigenvalue weighted by Gasteiger charge is -2.35. The summed E-state index contributed by atoms with van der Waals surface area (Å²) >= 11 is 0. The molecule has 0 saturated carbocycles. The number of anilines is 1. The van der Waals surface area contributed by atoms with Crippen molar-refractivity contribution in [3.63, 3.8) is 0 Å². The first-order chi connectivity index (χ1) is 20.4. The molecule has 2 aromatic carbocycles. The molecule has 0 unspecified atom stereocenters. The molecule has 0 aliphatic carbocycles. The number of nitrogens with zero attached hydrogens (tertiary/aromatic N) is 5. The standard InChI is InChI=1S/C30H29F3N6O3/c31-17-3-2-16-8-20(40)10-22(21(16)9-17)25-24(33)26-23-27(39-7-5-34-12-19(39)14-41-28(23)35-25)37-29(36-26)42-15-30-4-1-6-38(30)13-18(32)11-30/h2-3,8-10,18-19,34,40H,1,4-7,11-15H2/t18-,19+,30+/m1/s1. The SMILES string of the molecule is Oc1cc(-c2nc3c4c(nc(OC[C@@]56CCCN5C[C@H](F)C6)nc4c2F)N2CCNC[C@H]2CO3)c2cc(F)ccc2c1. The Labute approximate surface area is 239 Å².